The number of imide groups is 1. The summed E-state index contributed by atoms with van der Waals surface area (Å²) in [5.74, 6) is 1.01. The van der Waals surface area contributed by atoms with Crippen LogP contribution in [0, 0.1) is 0 Å². The van der Waals surface area contributed by atoms with Crippen LogP contribution in [0.2, 0.25) is 5.02 Å². The number of rotatable bonds is 14. The van der Waals surface area contributed by atoms with Crippen molar-refractivity contribution >= 4 is 74.6 Å². The van der Waals surface area contributed by atoms with Gasteiger partial charge in [0.2, 0.25) is 17.8 Å². The number of carbonyl (C=O) groups is 2. The lowest BCUT2D eigenvalue weighted by Gasteiger charge is -2.43. The predicted octanol–water partition coefficient (Wildman–Crippen LogP) is 5.40. The summed E-state index contributed by atoms with van der Waals surface area (Å²) < 4.78 is 19.7. The second-order valence-corrected chi connectivity index (χ2v) is 16.5. The zero-order valence-electron chi connectivity index (χ0n) is 32.7. The van der Waals surface area contributed by atoms with E-state index < -0.39 is 11.0 Å². The molecule has 3 saturated heterocycles. The number of anilines is 7. The summed E-state index contributed by atoms with van der Waals surface area (Å²) in [6.45, 7) is 7.29. The summed E-state index contributed by atoms with van der Waals surface area (Å²) in [6, 6.07) is 22.2. The Morgan fingerprint density at radius 1 is 0.947 bits per heavy atom. The number of benzene rings is 3. The second-order valence-electron chi connectivity index (χ2n) is 14.7. The van der Waals surface area contributed by atoms with Crippen molar-refractivity contribution in [2.75, 3.05) is 91.4 Å². The maximum atomic E-state index is 12.2. The van der Waals surface area contributed by atoms with Crippen LogP contribution in [-0.2, 0) is 27.0 Å². The molecule has 3 aliphatic heterocycles. The van der Waals surface area contributed by atoms with E-state index in [-0.39, 0.29) is 17.9 Å². The lowest BCUT2D eigenvalue weighted by molar-refractivity contribution is -0.133. The topological polar surface area (TPSA) is 147 Å². The molecule has 0 spiro atoms. The minimum atomic E-state index is -1.21. The van der Waals surface area contributed by atoms with E-state index in [9.17, 15) is 13.8 Å². The maximum Gasteiger partial charge on any atom is 0.249 e. The highest BCUT2D eigenvalue weighted by Gasteiger charge is 2.29. The van der Waals surface area contributed by atoms with E-state index in [1.807, 2.05) is 42.5 Å². The molecule has 2 amide bonds. The molecule has 7 rings (SSSR count). The Morgan fingerprint density at radius 2 is 1.70 bits per heavy atom. The van der Waals surface area contributed by atoms with Gasteiger partial charge in [-0.15, -0.1) is 0 Å². The normalized spacial score (nSPS) is 18.8. The van der Waals surface area contributed by atoms with Crippen LogP contribution in [0.25, 0.3) is 0 Å². The number of hydrogen-bond donors (Lipinski definition) is 4. The molecule has 0 radical (unpaired) electrons. The minimum Gasteiger partial charge on any atom is -0.494 e. The van der Waals surface area contributed by atoms with Gasteiger partial charge in [0.15, 0.2) is 5.82 Å². The first-order valence-electron chi connectivity index (χ1n) is 19.4. The number of methoxy groups -OCH3 is 1. The third-order valence-corrected chi connectivity index (χ3v) is 12.3. The molecule has 2 atom stereocenters. The van der Waals surface area contributed by atoms with Gasteiger partial charge in [0.1, 0.15) is 27.8 Å². The average Bonchev–Trinajstić information content (AvgIpc) is 3.23. The molecule has 14 nitrogen and oxygen atoms in total. The average molecular weight is 815 g/mol. The quantitative estimate of drug-likeness (QED) is 0.121. The molecule has 4 N–H and O–H groups in total. The van der Waals surface area contributed by atoms with Crippen molar-refractivity contribution < 1.29 is 18.5 Å². The van der Waals surface area contributed by atoms with Crippen LogP contribution in [-0.4, -0.2) is 114 Å². The highest BCUT2D eigenvalue weighted by atomic mass is 35.5. The van der Waals surface area contributed by atoms with E-state index in [0.29, 0.717) is 47.1 Å². The Labute approximate surface area is 341 Å². The first-order valence-corrected chi connectivity index (χ1v) is 21.3. The molecular weight excluding hydrogens is 764 g/mol. The molecule has 0 bridgehead atoms. The standard InChI is InChI=1S/C41H51ClN10O4S/c1-49(57(3)55)36-7-5-4-6-33(36)45-39-32(42)27-43-41(48-39)46-34-13-12-31(26-37(34)56-2)51-20-17-30(18-21-51)52-24-22-50(23-25-52)19-16-28-8-10-29(11-9-28)44-35-14-15-38(53)47-40(35)54/h4-13,26-27,30,35,44H,14-25H2,1-3H3,(H,47,53,54)(H2,43,45,46,48). The SMILES string of the molecule is COc1cc(N2CCC(N3CCN(CCc4ccc(NC5CCC(=O)NC5=O)cc4)CC3)CC2)ccc1Nc1ncc(Cl)c(Nc2ccccc2N(C)S(C)=O)n1. The number of para-hydroxylation sites is 2. The maximum absolute atomic E-state index is 12.2. The minimum absolute atomic E-state index is 0.202. The zero-order valence-corrected chi connectivity index (χ0v) is 34.2. The van der Waals surface area contributed by atoms with Gasteiger partial charge in [-0.1, -0.05) is 35.9 Å². The largest absolute Gasteiger partial charge is 0.494 e. The molecule has 3 aromatic carbocycles. The Bertz CT molecular complexity index is 2060. The summed E-state index contributed by atoms with van der Waals surface area (Å²) in [5.41, 5.74) is 5.50. The summed E-state index contributed by atoms with van der Waals surface area (Å²) in [6.07, 6.45) is 7.26. The summed E-state index contributed by atoms with van der Waals surface area (Å²) >= 11 is 6.50. The van der Waals surface area contributed by atoms with Crippen LogP contribution >= 0.6 is 11.6 Å². The lowest BCUT2D eigenvalue weighted by Crippen LogP contribution is -2.53. The van der Waals surface area contributed by atoms with Crippen molar-refractivity contribution in [1.82, 2.24) is 25.1 Å². The van der Waals surface area contributed by atoms with Crippen molar-refractivity contribution in [2.24, 2.45) is 0 Å². The van der Waals surface area contributed by atoms with E-state index in [0.717, 1.165) is 87.8 Å². The smallest absolute Gasteiger partial charge is 0.249 e. The van der Waals surface area contributed by atoms with Gasteiger partial charge in [-0.25, -0.2) is 9.19 Å². The number of halogens is 1. The molecular formula is C41H51ClN10O4S. The van der Waals surface area contributed by atoms with E-state index in [1.165, 1.54) is 5.56 Å². The van der Waals surface area contributed by atoms with Crippen molar-refractivity contribution in [1.29, 1.82) is 0 Å². The summed E-state index contributed by atoms with van der Waals surface area (Å²) in [5, 5.41) is 12.6. The summed E-state index contributed by atoms with van der Waals surface area (Å²) in [7, 11) is 2.23. The molecule has 4 heterocycles. The molecule has 2 unspecified atom stereocenters. The highest BCUT2D eigenvalue weighted by molar-refractivity contribution is 7.85. The molecule has 57 heavy (non-hydrogen) atoms. The molecule has 4 aromatic rings. The van der Waals surface area contributed by atoms with Crippen LogP contribution in [0.3, 0.4) is 0 Å². The first-order chi connectivity index (χ1) is 27.6. The van der Waals surface area contributed by atoms with Crippen molar-refractivity contribution in [3.8, 4) is 5.75 Å². The van der Waals surface area contributed by atoms with E-state index in [4.69, 9.17) is 16.3 Å². The number of aromatic nitrogens is 2. The molecule has 1 aromatic heterocycles. The Hall–Kier alpha value is -4.96. The van der Waals surface area contributed by atoms with E-state index in [1.54, 1.807) is 30.9 Å². The fourth-order valence-corrected chi connectivity index (χ4v) is 8.24. The number of carbonyl (C=O) groups excluding carboxylic acids is 2. The molecule has 3 fully saturated rings. The Kier molecular flexibility index (Phi) is 13.1. The number of hydrogen-bond acceptors (Lipinski definition) is 12. The Balaban J connectivity index is 0.869. The number of ether oxygens (including phenoxy) is 1. The van der Waals surface area contributed by atoms with Gasteiger partial charge < -0.3 is 30.5 Å². The second kappa shape index (κ2) is 18.5. The van der Waals surface area contributed by atoms with Gasteiger partial charge in [-0.05, 0) is 67.6 Å². The monoisotopic (exact) mass is 814 g/mol. The van der Waals surface area contributed by atoms with E-state index >= 15 is 0 Å². The molecule has 0 aliphatic carbocycles. The van der Waals surface area contributed by atoms with Crippen LogP contribution < -0.4 is 35.2 Å². The molecule has 0 saturated carbocycles. The van der Waals surface area contributed by atoms with Crippen molar-refractivity contribution in [3.63, 3.8) is 0 Å². The van der Waals surface area contributed by atoms with Gasteiger partial charge in [0.05, 0.1) is 30.4 Å². The van der Waals surface area contributed by atoms with Gasteiger partial charge in [0, 0.05) is 89.0 Å². The first kappa shape index (κ1) is 40.2. The fraction of sp³-hybridized carbons (Fsp3) is 0.415. The molecule has 16 heteroatoms. The van der Waals surface area contributed by atoms with Crippen molar-refractivity contribution in [2.45, 2.75) is 44.2 Å². The summed E-state index contributed by atoms with van der Waals surface area (Å²) in [4.78, 5) is 40.2. The van der Waals surface area contributed by atoms with Gasteiger partial charge in [-0.3, -0.25) is 24.1 Å². The number of nitrogens with one attached hydrogen (secondary N) is 4. The highest BCUT2D eigenvalue weighted by Crippen LogP contribution is 2.35. The Morgan fingerprint density at radius 3 is 2.42 bits per heavy atom. The van der Waals surface area contributed by atoms with Crippen LogP contribution in [0.15, 0.2) is 72.9 Å². The van der Waals surface area contributed by atoms with Gasteiger partial charge >= 0.3 is 0 Å². The third kappa shape index (κ3) is 10.1. The zero-order chi connectivity index (χ0) is 39.9. The third-order valence-electron chi connectivity index (χ3n) is 11.1. The number of piperazine rings is 1. The van der Waals surface area contributed by atoms with Gasteiger partial charge in [-0.2, -0.15) is 4.98 Å². The van der Waals surface area contributed by atoms with Crippen LogP contribution in [0.5, 0.6) is 5.75 Å². The fourth-order valence-electron chi connectivity index (χ4n) is 7.66. The predicted molar refractivity (Wildman–Crippen MR) is 229 cm³/mol. The number of piperidine rings is 2. The van der Waals surface area contributed by atoms with Crippen molar-refractivity contribution in [3.05, 3.63) is 83.5 Å². The van der Waals surface area contributed by atoms with Gasteiger partial charge in [0.25, 0.3) is 0 Å². The molecule has 3 aliphatic rings. The molecule has 302 valence electrons. The lowest BCUT2D eigenvalue weighted by atomic mass is 10.0. The number of amides is 2. The van der Waals surface area contributed by atoms with Crippen LogP contribution in [0.1, 0.15) is 31.2 Å². The number of nitrogens with zero attached hydrogens (tertiary/aromatic N) is 6. The van der Waals surface area contributed by atoms with E-state index in [2.05, 4.69) is 70.2 Å². The van der Waals surface area contributed by atoms with Crippen LogP contribution in [0.4, 0.5) is 40.2 Å².